The van der Waals surface area contributed by atoms with Crippen molar-refractivity contribution >= 4 is 36.3 Å². The predicted molar refractivity (Wildman–Crippen MR) is 137 cm³/mol. The Labute approximate surface area is 213 Å². The molecule has 1 atom stereocenters. The van der Waals surface area contributed by atoms with Crippen molar-refractivity contribution in [1.29, 1.82) is 0 Å². The van der Waals surface area contributed by atoms with Gasteiger partial charge in [0.25, 0.3) is 0 Å². The van der Waals surface area contributed by atoms with Gasteiger partial charge in [-0.1, -0.05) is 11.8 Å². The largest absolute Gasteiger partial charge is 0.498 e. The number of carbonyl (C=O) groups excluding carboxylic acids is 2. The van der Waals surface area contributed by atoms with Crippen LogP contribution in [0.4, 0.5) is 4.79 Å². The lowest BCUT2D eigenvalue weighted by Crippen LogP contribution is -2.50. The van der Waals surface area contributed by atoms with Gasteiger partial charge in [-0.05, 0) is 74.1 Å². The van der Waals surface area contributed by atoms with Crippen LogP contribution in [0.3, 0.4) is 0 Å². The van der Waals surface area contributed by atoms with E-state index in [4.69, 9.17) is 14.0 Å². The summed E-state index contributed by atoms with van der Waals surface area (Å²) in [6.07, 6.45) is 4.79. The first kappa shape index (κ1) is 27.7. The Hall–Kier alpha value is -1.85. The van der Waals surface area contributed by atoms with Gasteiger partial charge in [0, 0.05) is 36.7 Å². The maximum absolute atomic E-state index is 12.7. The third-order valence-electron chi connectivity index (χ3n) is 6.65. The number of aromatic nitrogens is 2. The van der Waals surface area contributed by atoms with Crippen LogP contribution >= 0.6 is 11.8 Å². The molecule has 9 nitrogen and oxygen atoms in total. The molecule has 0 aromatic carbocycles. The summed E-state index contributed by atoms with van der Waals surface area (Å²) in [5.74, 6) is 1.29. The molecule has 2 fully saturated rings. The van der Waals surface area contributed by atoms with E-state index in [0.717, 1.165) is 29.2 Å². The van der Waals surface area contributed by atoms with Gasteiger partial charge in [0.2, 0.25) is 5.91 Å². The maximum atomic E-state index is 12.7. The van der Waals surface area contributed by atoms with Crippen molar-refractivity contribution in [3.8, 4) is 0 Å². The number of piperidine rings is 1. The second-order valence-electron chi connectivity index (χ2n) is 11.3. The summed E-state index contributed by atoms with van der Waals surface area (Å²) in [4.78, 5) is 35.5. The van der Waals surface area contributed by atoms with E-state index in [1.807, 2.05) is 32.6 Å². The Bertz CT molecular complexity index is 882. The average molecular weight is 506 g/mol. The topological polar surface area (TPSA) is 103 Å². The molecule has 0 bridgehead atoms. The SMILES string of the molecule is CC(NC(=O)OC(C)(C)C)C(=O)N1CCC(CSc2ncc(B3OC(C)(C)C(C)(C)O3)cn2)CC1. The standard InChI is InChI=1S/C24H39BN4O5S/c1-16(28-21(31)32-22(2,3)4)19(30)29-11-9-17(10-12-29)15-35-20-26-13-18(14-27-20)25-33-23(5,6)24(7,8)34-25/h13-14,16-17H,9-12,15H2,1-8H3,(H,28,31). The summed E-state index contributed by atoms with van der Waals surface area (Å²) in [5.41, 5.74) is -0.580. The molecule has 2 aliphatic rings. The van der Waals surface area contributed by atoms with Gasteiger partial charge in [0.15, 0.2) is 5.16 Å². The molecule has 2 aliphatic heterocycles. The summed E-state index contributed by atoms with van der Waals surface area (Å²) >= 11 is 1.63. The van der Waals surface area contributed by atoms with Crippen LogP contribution in [0.15, 0.2) is 17.6 Å². The third kappa shape index (κ3) is 7.33. The first-order chi connectivity index (χ1) is 16.2. The number of nitrogens with one attached hydrogen (secondary N) is 1. The molecule has 1 aromatic rings. The van der Waals surface area contributed by atoms with Gasteiger partial charge in [0.1, 0.15) is 11.6 Å². The van der Waals surface area contributed by atoms with Crippen molar-refractivity contribution in [2.75, 3.05) is 18.8 Å². The lowest BCUT2D eigenvalue weighted by molar-refractivity contribution is -0.134. The number of rotatable bonds is 6. The summed E-state index contributed by atoms with van der Waals surface area (Å²) in [7, 11) is -0.465. The number of amides is 2. The van der Waals surface area contributed by atoms with Gasteiger partial charge in [-0.15, -0.1) is 0 Å². The fraction of sp³-hybridized carbons (Fsp3) is 0.750. The number of ether oxygens (including phenoxy) is 1. The van der Waals surface area contributed by atoms with Crippen LogP contribution in [0.5, 0.6) is 0 Å². The monoisotopic (exact) mass is 506 g/mol. The smallest absolute Gasteiger partial charge is 0.444 e. The second kappa shape index (κ2) is 10.6. The number of carbonyl (C=O) groups is 2. The van der Waals surface area contributed by atoms with E-state index in [1.165, 1.54) is 0 Å². The van der Waals surface area contributed by atoms with E-state index in [2.05, 4.69) is 15.3 Å². The highest BCUT2D eigenvalue weighted by Gasteiger charge is 2.52. The second-order valence-corrected chi connectivity index (χ2v) is 12.3. The number of alkyl carbamates (subject to hydrolysis) is 1. The lowest BCUT2D eigenvalue weighted by atomic mass is 9.81. The molecule has 3 rings (SSSR count). The molecule has 2 amide bonds. The zero-order chi connectivity index (χ0) is 26.0. The van der Waals surface area contributed by atoms with Crippen LogP contribution in [0.1, 0.15) is 68.2 Å². The van der Waals surface area contributed by atoms with Gasteiger partial charge in [0.05, 0.1) is 11.2 Å². The minimum Gasteiger partial charge on any atom is -0.444 e. The molecule has 0 saturated carbocycles. The van der Waals surface area contributed by atoms with Crippen molar-refractivity contribution in [1.82, 2.24) is 20.2 Å². The van der Waals surface area contributed by atoms with Gasteiger partial charge >= 0.3 is 13.2 Å². The van der Waals surface area contributed by atoms with Crippen molar-refractivity contribution < 1.29 is 23.6 Å². The molecule has 1 N–H and O–H groups in total. The fourth-order valence-corrected chi connectivity index (χ4v) is 4.81. The van der Waals surface area contributed by atoms with Crippen LogP contribution in [0.2, 0.25) is 0 Å². The van der Waals surface area contributed by atoms with Gasteiger partial charge in [-0.25, -0.2) is 14.8 Å². The van der Waals surface area contributed by atoms with Crippen molar-refractivity contribution in [2.24, 2.45) is 5.92 Å². The maximum Gasteiger partial charge on any atom is 0.498 e. The lowest BCUT2D eigenvalue weighted by Gasteiger charge is -2.33. The fourth-order valence-electron chi connectivity index (χ4n) is 3.83. The van der Waals surface area contributed by atoms with Crippen molar-refractivity contribution in [3.05, 3.63) is 12.4 Å². The first-order valence-corrected chi connectivity index (χ1v) is 13.2. The van der Waals surface area contributed by atoms with E-state index >= 15 is 0 Å². The number of thioether (sulfide) groups is 1. The minimum atomic E-state index is -0.619. The Morgan fingerprint density at radius 2 is 1.71 bits per heavy atom. The highest BCUT2D eigenvalue weighted by atomic mass is 32.2. The predicted octanol–water partition coefficient (Wildman–Crippen LogP) is 3.02. The highest BCUT2D eigenvalue weighted by Crippen LogP contribution is 2.36. The van der Waals surface area contributed by atoms with E-state index in [9.17, 15) is 9.59 Å². The molecule has 2 saturated heterocycles. The zero-order valence-electron chi connectivity index (χ0n) is 22.2. The summed E-state index contributed by atoms with van der Waals surface area (Å²) in [6, 6.07) is -0.619. The highest BCUT2D eigenvalue weighted by molar-refractivity contribution is 7.99. The van der Waals surface area contributed by atoms with Crippen LogP contribution in [0, 0.1) is 5.92 Å². The summed E-state index contributed by atoms with van der Waals surface area (Å²) in [6.45, 7) is 16.5. The molecule has 1 aromatic heterocycles. The number of hydrogen-bond donors (Lipinski definition) is 1. The van der Waals surface area contributed by atoms with Crippen molar-refractivity contribution in [3.63, 3.8) is 0 Å². The summed E-state index contributed by atoms with van der Waals surface area (Å²) < 4.78 is 17.4. The molecule has 3 heterocycles. The third-order valence-corrected chi connectivity index (χ3v) is 7.76. The Balaban J connectivity index is 1.41. The first-order valence-electron chi connectivity index (χ1n) is 12.3. The van der Waals surface area contributed by atoms with Crippen molar-refractivity contribution in [2.45, 2.75) is 96.2 Å². The van der Waals surface area contributed by atoms with E-state index in [0.29, 0.717) is 19.0 Å². The average Bonchev–Trinajstić information content (AvgIpc) is 2.98. The Morgan fingerprint density at radius 3 is 2.23 bits per heavy atom. The molecule has 35 heavy (non-hydrogen) atoms. The molecule has 0 spiro atoms. The van der Waals surface area contributed by atoms with Crippen LogP contribution in [0.25, 0.3) is 0 Å². The zero-order valence-corrected chi connectivity index (χ0v) is 23.0. The van der Waals surface area contributed by atoms with Gasteiger partial charge in [-0.3, -0.25) is 4.79 Å². The number of likely N-dealkylation sites (tertiary alicyclic amines) is 1. The molecule has 1 unspecified atom stereocenters. The molecular weight excluding hydrogens is 467 g/mol. The molecular formula is C24H39BN4O5S. The number of hydrogen-bond acceptors (Lipinski definition) is 8. The molecule has 0 radical (unpaired) electrons. The van der Waals surface area contributed by atoms with E-state index in [1.54, 1.807) is 51.9 Å². The van der Waals surface area contributed by atoms with E-state index in [-0.39, 0.29) is 5.91 Å². The Kier molecular flexibility index (Phi) is 8.43. The molecule has 194 valence electrons. The quantitative estimate of drug-likeness (QED) is 0.357. The normalized spacial score (nSPS) is 21.0. The minimum absolute atomic E-state index is 0.0800. The van der Waals surface area contributed by atoms with Crippen LogP contribution < -0.4 is 10.8 Å². The Morgan fingerprint density at radius 1 is 1.17 bits per heavy atom. The summed E-state index contributed by atoms with van der Waals surface area (Å²) in [5, 5.41) is 3.36. The number of nitrogens with zero attached hydrogens (tertiary/aromatic N) is 3. The molecule has 11 heteroatoms. The van der Waals surface area contributed by atoms with Crippen LogP contribution in [-0.4, -0.2) is 75.7 Å². The van der Waals surface area contributed by atoms with E-state index < -0.39 is 36.1 Å². The van der Waals surface area contributed by atoms with Crippen LogP contribution in [-0.2, 0) is 18.8 Å². The van der Waals surface area contributed by atoms with Gasteiger partial charge in [-0.2, -0.15) is 0 Å². The molecule has 0 aliphatic carbocycles. The van der Waals surface area contributed by atoms with Gasteiger partial charge < -0.3 is 24.3 Å².